The minimum Gasteiger partial charge on any atom is -0.480 e. The van der Waals surface area contributed by atoms with Crippen LogP contribution in [0.3, 0.4) is 0 Å². The molecule has 0 amide bonds. The summed E-state index contributed by atoms with van der Waals surface area (Å²) >= 11 is 0. The SMILES string of the molecule is NC(C(=O)O)c1c(F)c(F)c(C(=O)O)c(F)c1F. The van der Waals surface area contributed by atoms with Crippen LogP contribution in [0, 0.1) is 23.3 Å². The van der Waals surface area contributed by atoms with Crippen LogP contribution < -0.4 is 5.73 Å². The monoisotopic (exact) mass is 267 g/mol. The van der Waals surface area contributed by atoms with Crippen LogP contribution in [0.5, 0.6) is 0 Å². The molecule has 0 fully saturated rings. The van der Waals surface area contributed by atoms with Crippen LogP contribution in [0.2, 0.25) is 0 Å². The van der Waals surface area contributed by atoms with Crippen LogP contribution >= 0.6 is 0 Å². The van der Waals surface area contributed by atoms with Crippen molar-refractivity contribution in [3.63, 3.8) is 0 Å². The molecule has 1 aromatic carbocycles. The Hall–Kier alpha value is -2.16. The van der Waals surface area contributed by atoms with Crippen LogP contribution in [0.25, 0.3) is 0 Å². The van der Waals surface area contributed by atoms with Crippen LogP contribution in [0.1, 0.15) is 22.0 Å². The van der Waals surface area contributed by atoms with Crippen LogP contribution in [-0.4, -0.2) is 22.2 Å². The first-order valence-corrected chi connectivity index (χ1v) is 4.27. The number of aromatic carboxylic acids is 1. The van der Waals surface area contributed by atoms with Crippen molar-refractivity contribution < 1.29 is 37.4 Å². The Morgan fingerprint density at radius 1 is 0.944 bits per heavy atom. The van der Waals surface area contributed by atoms with Crippen LogP contribution in [-0.2, 0) is 4.79 Å². The van der Waals surface area contributed by atoms with Gasteiger partial charge in [0.2, 0.25) is 0 Å². The van der Waals surface area contributed by atoms with E-state index in [-0.39, 0.29) is 0 Å². The zero-order valence-corrected chi connectivity index (χ0v) is 8.38. The number of carboxylic acid groups (broad SMARTS) is 2. The molecule has 0 radical (unpaired) electrons. The van der Waals surface area contributed by atoms with Crippen molar-refractivity contribution in [3.8, 4) is 0 Å². The van der Waals surface area contributed by atoms with E-state index in [1.54, 1.807) is 0 Å². The second-order valence-corrected chi connectivity index (χ2v) is 3.17. The first kappa shape index (κ1) is 13.9. The molecule has 0 aromatic heterocycles. The van der Waals surface area contributed by atoms with Gasteiger partial charge in [0.05, 0.1) is 5.56 Å². The summed E-state index contributed by atoms with van der Waals surface area (Å²) in [5, 5.41) is 16.8. The number of benzene rings is 1. The molecule has 1 rings (SSSR count). The molecule has 0 aliphatic carbocycles. The smallest absolute Gasteiger partial charge is 0.341 e. The fourth-order valence-electron chi connectivity index (χ4n) is 1.23. The van der Waals surface area contributed by atoms with E-state index in [4.69, 9.17) is 15.9 Å². The third-order valence-corrected chi connectivity index (χ3v) is 2.09. The molecule has 0 spiro atoms. The van der Waals surface area contributed by atoms with Crippen molar-refractivity contribution in [3.05, 3.63) is 34.4 Å². The van der Waals surface area contributed by atoms with Gasteiger partial charge in [-0.3, -0.25) is 4.79 Å². The minimum atomic E-state index is -2.36. The topological polar surface area (TPSA) is 101 Å². The number of halogens is 4. The van der Waals surface area contributed by atoms with Crippen molar-refractivity contribution in [1.82, 2.24) is 0 Å². The zero-order chi connectivity index (χ0) is 14.2. The van der Waals surface area contributed by atoms with Gasteiger partial charge in [0, 0.05) is 0 Å². The fraction of sp³-hybridized carbons (Fsp3) is 0.111. The van der Waals surface area contributed by atoms with Gasteiger partial charge < -0.3 is 15.9 Å². The fourth-order valence-corrected chi connectivity index (χ4v) is 1.23. The highest BCUT2D eigenvalue weighted by molar-refractivity contribution is 5.88. The Balaban J connectivity index is 3.69. The van der Waals surface area contributed by atoms with E-state index in [0.29, 0.717) is 0 Å². The lowest BCUT2D eigenvalue weighted by atomic mass is 10.0. The van der Waals surface area contributed by atoms with Crippen molar-refractivity contribution in [2.75, 3.05) is 0 Å². The first-order valence-electron chi connectivity index (χ1n) is 4.27. The first-order chi connectivity index (χ1) is 8.20. The van der Waals surface area contributed by atoms with Gasteiger partial charge >= 0.3 is 11.9 Å². The van der Waals surface area contributed by atoms with Crippen molar-refractivity contribution in [1.29, 1.82) is 0 Å². The molecule has 1 aromatic rings. The zero-order valence-electron chi connectivity index (χ0n) is 8.38. The summed E-state index contributed by atoms with van der Waals surface area (Å²) < 4.78 is 52.9. The molecule has 18 heavy (non-hydrogen) atoms. The number of hydrogen-bond donors (Lipinski definition) is 3. The predicted octanol–water partition coefficient (Wildman–Crippen LogP) is 1.03. The van der Waals surface area contributed by atoms with E-state index >= 15 is 0 Å². The second kappa shape index (κ2) is 4.61. The average Bonchev–Trinajstić information content (AvgIpc) is 2.26. The molecule has 9 heteroatoms. The summed E-state index contributed by atoms with van der Waals surface area (Å²) in [6, 6.07) is -2.36. The largest absolute Gasteiger partial charge is 0.480 e. The third-order valence-electron chi connectivity index (χ3n) is 2.09. The molecule has 4 N–H and O–H groups in total. The van der Waals surface area contributed by atoms with E-state index in [2.05, 4.69) is 0 Å². The maximum Gasteiger partial charge on any atom is 0.341 e. The highest BCUT2D eigenvalue weighted by Gasteiger charge is 2.33. The molecular formula is C9H5F4NO4. The van der Waals surface area contributed by atoms with E-state index < -0.39 is 52.4 Å². The lowest BCUT2D eigenvalue weighted by Crippen LogP contribution is -2.26. The molecule has 1 atom stereocenters. The second-order valence-electron chi connectivity index (χ2n) is 3.17. The minimum absolute atomic E-state index is 1.58. The Morgan fingerprint density at radius 2 is 1.33 bits per heavy atom. The Bertz CT molecular complexity index is 517. The number of rotatable bonds is 3. The summed E-state index contributed by atoms with van der Waals surface area (Å²) in [6.45, 7) is 0. The average molecular weight is 267 g/mol. The van der Waals surface area contributed by atoms with Crippen LogP contribution in [0.4, 0.5) is 17.6 Å². The Kier molecular flexibility index (Phi) is 3.56. The lowest BCUT2D eigenvalue weighted by molar-refractivity contribution is -0.138. The van der Waals surface area contributed by atoms with E-state index in [1.807, 2.05) is 0 Å². The van der Waals surface area contributed by atoms with E-state index in [9.17, 15) is 27.2 Å². The molecule has 0 aliphatic heterocycles. The Labute approximate surface area is 96.4 Å². The van der Waals surface area contributed by atoms with Gasteiger partial charge in [0.25, 0.3) is 0 Å². The van der Waals surface area contributed by atoms with E-state index in [1.165, 1.54) is 0 Å². The van der Waals surface area contributed by atoms with Gasteiger partial charge in [-0.05, 0) is 0 Å². The predicted molar refractivity (Wildman–Crippen MR) is 47.8 cm³/mol. The summed E-state index contributed by atoms with van der Waals surface area (Å²) in [6.07, 6.45) is 0. The number of carbonyl (C=O) groups is 2. The van der Waals surface area contributed by atoms with Crippen molar-refractivity contribution in [2.24, 2.45) is 5.73 Å². The van der Waals surface area contributed by atoms with Gasteiger partial charge in [-0.15, -0.1) is 0 Å². The maximum atomic E-state index is 13.3. The van der Waals surface area contributed by atoms with Crippen molar-refractivity contribution in [2.45, 2.75) is 6.04 Å². The molecule has 0 bridgehead atoms. The molecule has 0 heterocycles. The molecule has 1 unspecified atom stereocenters. The molecule has 5 nitrogen and oxygen atoms in total. The molecular weight excluding hydrogens is 262 g/mol. The van der Waals surface area contributed by atoms with Gasteiger partial charge in [-0.1, -0.05) is 0 Å². The molecule has 98 valence electrons. The highest BCUT2D eigenvalue weighted by Crippen LogP contribution is 2.27. The quantitative estimate of drug-likeness (QED) is 0.560. The highest BCUT2D eigenvalue weighted by atomic mass is 19.2. The maximum absolute atomic E-state index is 13.3. The van der Waals surface area contributed by atoms with Gasteiger partial charge in [0.1, 0.15) is 11.6 Å². The summed E-state index contributed by atoms with van der Waals surface area (Å²) in [5.41, 5.74) is 1.41. The molecule has 0 saturated heterocycles. The molecule has 0 aliphatic rings. The third kappa shape index (κ3) is 1.99. The van der Waals surface area contributed by atoms with Gasteiger partial charge in [-0.25, -0.2) is 22.4 Å². The molecule has 0 saturated carbocycles. The van der Waals surface area contributed by atoms with Crippen molar-refractivity contribution >= 4 is 11.9 Å². The van der Waals surface area contributed by atoms with Gasteiger partial charge in [0.15, 0.2) is 23.3 Å². The number of aliphatic carboxylic acids is 1. The number of hydrogen-bond acceptors (Lipinski definition) is 3. The number of carboxylic acids is 2. The summed E-state index contributed by atoms with van der Waals surface area (Å²) in [4.78, 5) is 20.8. The standard InChI is InChI=1S/C9H5F4NO4/c10-3-1(7(14)9(17)18)4(11)6(13)2(5(3)12)8(15)16/h7H,14H2,(H,15,16)(H,17,18). The van der Waals surface area contributed by atoms with Crippen LogP contribution in [0.15, 0.2) is 0 Å². The summed E-state index contributed by atoms with van der Waals surface area (Å²) in [5.74, 6) is -12.9. The summed E-state index contributed by atoms with van der Waals surface area (Å²) in [7, 11) is 0. The van der Waals surface area contributed by atoms with E-state index in [0.717, 1.165) is 0 Å². The number of nitrogens with two attached hydrogens (primary N) is 1. The lowest BCUT2D eigenvalue weighted by Gasteiger charge is -2.12. The Morgan fingerprint density at radius 3 is 1.61 bits per heavy atom. The normalized spacial score (nSPS) is 12.3. The van der Waals surface area contributed by atoms with Gasteiger partial charge in [-0.2, -0.15) is 0 Å².